The normalized spacial score (nSPS) is 10.4. The van der Waals surface area contributed by atoms with Crippen molar-refractivity contribution in [3.63, 3.8) is 0 Å². The molecule has 0 aliphatic rings. The van der Waals surface area contributed by atoms with Gasteiger partial charge in [-0.25, -0.2) is 4.98 Å². The zero-order chi connectivity index (χ0) is 11.7. The lowest BCUT2D eigenvalue weighted by Crippen LogP contribution is -1.90. The number of rotatable bonds is 2. The predicted octanol–water partition coefficient (Wildman–Crippen LogP) is 2.81. The van der Waals surface area contributed by atoms with Crippen LogP contribution in [0.4, 0.5) is 0 Å². The molecule has 1 aromatic heterocycles. The van der Waals surface area contributed by atoms with E-state index in [9.17, 15) is 4.79 Å². The lowest BCUT2D eigenvalue weighted by molar-refractivity contribution is 0.111. The number of aryl methyl sites for hydroxylation is 3. The molecule has 0 amide bonds. The van der Waals surface area contributed by atoms with Crippen molar-refractivity contribution in [3.05, 3.63) is 40.8 Å². The molecule has 3 heteroatoms. The van der Waals surface area contributed by atoms with Crippen molar-refractivity contribution in [2.45, 2.75) is 20.8 Å². The summed E-state index contributed by atoms with van der Waals surface area (Å²) in [5, 5.41) is 0. The van der Waals surface area contributed by atoms with Gasteiger partial charge >= 0.3 is 0 Å². The molecule has 2 rings (SSSR count). The fourth-order valence-corrected chi connectivity index (χ4v) is 2.13. The van der Waals surface area contributed by atoms with Gasteiger partial charge < -0.3 is 4.98 Å². The van der Waals surface area contributed by atoms with Gasteiger partial charge in [-0.05, 0) is 31.9 Å². The molecule has 3 nitrogen and oxygen atoms in total. The lowest BCUT2D eigenvalue weighted by Gasteiger charge is -2.09. The van der Waals surface area contributed by atoms with Crippen molar-refractivity contribution < 1.29 is 4.79 Å². The van der Waals surface area contributed by atoms with E-state index in [2.05, 4.69) is 42.9 Å². The summed E-state index contributed by atoms with van der Waals surface area (Å²) in [7, 11) is 0. The molecule has 0 aliphatic carbocycles. The quantitative estimate of drug-likeness (QED) is 0.781. The highest BCUT2D eigenvalue weighted by molar-refractivity contribution is 5.74. The lowest BCUT2D eigenvalue weighted by atomic mass is 9.98. The highest BCUT2D eigenvalue weighted by atomic mass is 16.1. The second-order valence-corrected chi connectivity index (χ2v) is 4.07. The van der Waals surface area contributed by atoms with Crippen LogP contribution in [0.2, 0.25) is 0 Å². The van der Waals surface area contributed by atoms with E-state index in [4.69, 9.17) is 0 Å². The standard InChI is InChI=1S/C13H14N2O/c1-8-4-9(2)13(10(3)5-8)11-6-14-12(7-16)15-11/h4-7H,1-3H3,(H,14,15). The molecule has 0 saturated carbocycles. The van der Waals surface area contributed by atoms with Gasteiger partial charge in [0, 0.05) is 5.56 Å². The molecule has 0 unspecified atom stereocenters. The zero-order valence-electron chi connectivity index (χ0n) is 9.66. The van der Waals surface area contributed by atoms with E-state index in [0.717, 1.165) is 17.5 Å². The SMILES string of the molecule is Cc1cc(C)c(-c2cnc(C=O)[nH]2)c(C)c1. The van der Waals surface area contributed by atoms with Crippen molar-refractivity contribution in [1.82, 2.24) is 9.97 Å². The van der Waals surface area contributed by atoms with E-state index in [0.29, 0.717) is 5.82 Å². The maximum atomic E-state index is 10.6. The highest BCUT2D eigenvalue weighted by Gasteiger charge is 2.09. The summed E-state index contributed by atoms with van der Waals surface area (Å²) in [6.45, 7) is 6.21. The summed E-state index contributed by atoms with van der Waals surface area (Å²) in [5.74, 6) is 0.370. The number of aldehydes is 1. The Morgan fingerprint density at radius 2 is 1.81 bits per heavy atom. The van der Waals surface area contributed by atoms with Crippen LogP contribution in [0, 0.1) is 20.8 Å². The third-order valence-electron chi connectivity index (χ3n) is 2.65. The number of carbonyl (C=O) groups is 1. The van der Waals surface area contributed by atoms with Gasteiger partial charge in [-0.15, -0.1) is 0 Å². The smallest absolute Gasteiger partial charge is 0.185 e. The number of aromatic amines is 1. The monoisotopic (exact) mass is 214 g/mol. The third kappa shape index (κ3) is 1.76. The molecule has 0 fully saturated rings. The van der Waals surface area contributed by atoms with Gasteiger partial charge in [-0.2, -0.15) is 0 Å². The van der Waals surface area contributed by atoms with Gasteiger partial charge in [-0.3, -0.25) is 4.79 Å². The first kappa shape index (κ1) is 10.6. The number of aromatic nitrogens is 2. The molecule has 1 aromatic carbocycles. The van der Waals surface area contributed by atoms with Crippen LogP contribution in [0.5, 0.6) is 0 Å². The van der Waals surface area contributed by atoms with Gasteiger partial charge in [0.1, 0.15) is 0 Å². The van der Waals surface area contributed by atoms with Crippen LogP contribution < -0.4 is 0 Å². The molecular weight excluding hydrogens is 200 g/mol. The molecular formula is C13H14N2O. The van der Waals surface area contributed by atoms with E-state index in [1.807, 2.05) is 0 Å². The number of nitrogens with one attached hydrogen (secondary N) is 1. The van der Waals surface area contributed by atoms with E-state index >= 15 is 0 Å². The molecule has 82 valence electrons. The minimum absolute atomic E-state index is 0.370. The summed E-state index contributed by atoms with van der Waals surface area (Å²) in [6.07, 6.45) is 2.43. The molecule has 0 bridgehead atoms. The number of hydrogen-bond acceptors (Lipinski definition) is 2. The Kier molecular flexibility index (Phi) is 2.60. The molecule has 0 saturated heterocycles. The molecule has 0 spiro atoms. The van der Waals surface area contributed by atoms with Crippen molar-refractivity contribution in [3.8, 4) is 11.3 Å². The van der Waals surface area contributed by atoms with Gasteiger partial charge in [0.05, 0.1) is 11.9 Å². The van der Waals surface area contributed by atoms with Crippen LogP contribution >= 0.6 is 0 Å². The Bertz CT molecular complexity index is 518. The van der Waals surface area contributed by atoms with Gasteiger partial charge in [0.2, 0.25) is 0 Å². The first-order valence-electron chi connectivity index (χ1n) is 5.20. The average Bonchev–Trinajstić information content (AvgIpc) is 2.64. The molecule has 16 heavy (non-hydrogen) atoms. The number of benzene rings is 1. The van der Waals surface area contributed by atoms with Crippen molar-refractivity contribution >= 4 is 6.29 Å². The number of carbonyl (C=O) groups excluding carboxylic acids is 1. The van der Waals surface area contributed by atoms with E-state index in [1.165, 1.54) is 16.7 Å². The van der Waals surface area contributed by atoms with Crippen LogP contribution in [-0.2, 0) is 0 Å². The Labute approximate surface area is 94.5 Å². The van der Waals surface area contributed by atoms with Crippen LogP contribution in [0.1, 0.15) is 27.3 Å². The summed E-state index contributed by atoms with van der Waals surface area (Å²) in [5.41, 5.74) is 5.66. The topological polar surface area (TPSA) is 45.8 Å². The predicted molar refractivity (Wildman–Crippen MR) is 63.6 cm³/mol. The Balaban J connectivity index is 2.59. The Hall–Kier alpha value is -1.90. The molecule has 1 heterocycles. The summed E-state index contributed by atoms with van der Waals surface area (Å²) in [6, 6.07) is 4.26. The fraction of sp³-hybridized carbons (Fsp3) is 0.231. The molecule has 0 radical (unpaired) electrons. The minimum atomic E-state index is 0.370. The Morgan fingerprint density at radius 1 is 1.19 bits per heavy atom. The largest absolute Gasteiger partial charge is 0.336 e. The van der Waals surface area contributed by atoms with Crippen LogP contribution in [-0.4, -0.2) is 16.3 Å². The number of hydrogen-bond donors (Lipinski definition) is 1. The van der Waals surface area contributed by atoms with Crippen LogP contribution in [0.3, 0.4) is 0 Å². The van der Waals surface area contributed by atoms with Crippen LogP contribution in [0.25, 0.3) is 11.3 Å². The van der Waals surface area contributed by atoms with Crippen molar-refractivity contribution in [1.29, 1.82) is 0 Å². The fourth-order valence-electron chi connectivity index (χ4n) is 2.13. The van der Waals surface area contributed by atoms with Crippen LogP contribution in [0.15, 0.2) is 18.3 Å². The highest BCUT2D eigenvalue weighted by Crippen LogP contribution is 2.26. The van der Waals surface area contributed by atoms with Gasteiger partial charge in [0.25, 0.3) is 0 Å². The maximum absolute atomic E-state index is 10.6. The van der Waals surface area contributed by atoms with Crippen molar-refractivity contribution in [2.75, 3.05) is 0 Å². The average molecular weight is 214 g/mol. The minimum Gasteiger partial charge on any atom is -0.336 e. The van der Waals surface area contributed by atoms with Gasteiger partial charge in [0.15, 0.2) is 12.1 Å². The molecule has 1 N–H and O–H groups in total. The van der Waals surface area contributed by atoms with E-state index in [1.54, 1.807) is 6.20 Å². The molecule has 0 aliphatic heterocycles. The second kappa shape index (κ2) is 3.93. The zero-order valence-corrected chi connectivity index (χ0v) is 9.66. The molecule has 2 aromatic rings. The van der Waals surface area contributed by atoms with Crippen molar-refractivity contribution in [2.24, 2.45) is 0 Å². The van der Waals surface area contributed by atoms with Gasteiger partial charge in [-0.1, -0.05) is 17.7 Å². The van der Waals surface area contributed by atoms with E-state index in [-0.39, 0.29) is 0 Å². The number of H-pyrrole nitrogens is 1. The summed E-state index contributed by atoms with van der Waals surface area (Å²) in [4.78, 5) is 17.6. The third-order valence-corrected chi connectivity index (χ3v) is 2.65. The van der Waals surface area contributed by atoms with E-state index < -0.39 is 0 Å². The number of imidazole rings is 1. The Morgan fingerprint density at radius 3 is 2.31 bits per heavy atom. The second-order valence-electron chi connectivity index (χ2n) is 4.07. The summed E-state index contributed by atoms with van der Waals surface area (Å²) >= 11 is 0. The maximum Gasteiger partial charge on any atom is 0.185 e. The first-order chi connectivity index (χ1) is 7.61. The molecule has 0 atom stereocenters. The number of nitrogens with zero attached hydrogens (tertiary/aromatic N) is 1. The first-order valence-corrected chi connectivity index (χ1v) is 5.20. The summed E-state index contributed by atoms with van der Waals surface area (Å²) < 4.78 is 0.